The van der Waals surface area contributed by atoms with Crippen LogP contribution in [0.2, 0.25) is 0 Å². The number of nitro groups is 1. The lowest BCUT2D eigenvalue weighted by Crippen LogP contribution is -2.07. The van der Waals surface area contributed by atoms with E-state index in [1.807, 2.05) is 19.1 Å². The van der Waals surface area contributed by atoms with Crippen LogP contribution < -0.4 is 0 Å². The molecule has 1 rings (SSSR count). The first-order valence-corrected chi connectivity index (χ1v) is 4.46. The summed E-state index contributed by atoms with van der Waals surface area (Å²) >= 11 is 0. The maximum absolute atomic E-state index is 10.1. The Hall–Kier alpha value is -1.42. The molecule has 0 aliphatic heterocycles. The van der Waals surface area contributed by atoms with Gasteiger partial charge in [-0.3, -0.25) is 10.1 Å². The lowest BCUT2D eigenvalue weighted by atomic mass is 10.1. The van der Waals surface area contributed by atoms with Crippen molar-refractivity contribution >= 4 is 0 Å². The van der Waals surface area contributed by atoms with Gasteiger partial charge in [-0.25, -0.2) is 0 Å². The lowest BCUT2D eigenvalue weighted by Gasteiger charge is -2.08. The predicted molar refractivity (Wildman–Crippen MR) is 52.6 cm³/mol. The van der Waals surface area contributed by atoms with Crippen LogP contribution in [0.5, 0.6) is 0 Å². The SMILES string of the molecule is Cc1ccc(C(O)CC[N+](=O)[O-])cc1. The third-order valence-corrected chi connectivity index (χ3v) is 2.05. The van der Waals surface area contributed by atoms with Gasteiger partial charge < -0.3 is 5.11 Å². The smallest absolute Gasteiger partial charge is 0.206 e. The summed E-state index contributed by atoms with van der Waals surface area (Å²) in [5.41, 5.74) is 1.84. The van der Waals surface area contributed by atoms with Crippen LogP contribution in [0.3, 0.4) is 0 Å². The molecule has 0 saturated carbocycles. The zero-order valence-corrected chi connectivity index (χ0v) is 8.01. The highest BCUT2D eigenvalue weighted by Gasteiger charge is 2.10. The van der Waals surface area contributed by atoms with Gasteiger partial charge in [-0.1, -0.05) is 29.8 Å². The van der Waals surface area contributed by atoms with Gasteiger partial charge in [0.05, 0.1) is 6.10 Å². The maximum Gasteiger partial charge on any atom is 0.206 e. The molecule has 76 valence electrons. The zero-order valence-electron chi connectivity index (χ0n) is 8.01. The van der Waals surface area contributed by atoms with Crippen molar-refractivity contribution in [3.8, 4) is 0 Å². The molecule has 1 aromatic rings. The van der Waals surface area contributed by atoms with Crippen LogP contribution in [0.25, 0.3) is 0 Å². The highest BCUT2D eigenvalue weighted by atomic mass is 16.6. The fourth-order valence-corrected chi connectivity index (χ4v) is 1.18. The number of hydrogen-bond acceptors (Lipinski definition) is 3. The van der Waals surface area contributed by atoms with Gasteiger partial charge in [0.2, 0.25) is 6.54 Å². The molecule has 0 radical (unpaired) electrons. The summed E-state index contributed by atoms with van der Waals surface area (Å²) in [5.74, 6) is 0. The van der Waals surface area contributed by atoms with E-state index in [-0.39, 0.29) is 13.0 Å². The van der Waals surface area contributed by atoms with Gasteiger partial charge in [0.15, 0.2) is 0 Å². The Bertz CT molecular complexity index is 308. The van der Waals surface area contributed by atoms with Gasteiger partial charge >= 0.3 is 0 Å². The minimum absolute atomic E-state index is 0.163. The average molecular weight is 195 g/mol. The van der Waals surface area contributed by atoms with Crippen LogP contribution >= 0.6 is 0 Å². The summed E-state index contributed by atoms with van der Waals surface area (Å²) in [6.45, 7) is 1.75. The molecule has 4 nitrogen and oxygen atoms in total. The van der Waals surface area contributed by atoms with Crippen molar-refractivity contribution in [1.29, 1.82) is 0 Å². The second kappa shape index (κ2) is 4.72. The van der Waals surface area contributed by atoms with E-state index in [2.05, 4.69) is 0 Å². The summed E-state index contributed by atoms with van der Waals surface area (Å²) in [6.07, 6.45) is -0.572. The summed E-state index contributed by atoms with van der Waals surface area (Å²) in [6, 6.07) is 7.34. The second-order valence-corrected chi connectivity index (χ2v) is 3.27. The first kappa shape index (κ1) is 10.7. The van der Waals surface area contributed by atoms with Gasteiger partial charge in [0, 0.05) is 11.3 Å². The van der Waals surface area contributed by atoms with Crippen molar-refractivity contribution in [2.75, 3.05) is 6.54 Å². The number of aliphatic hydroxyl groups is 1. The van der Waals surface area contributed by atoms with E-state index in [1.165, 1.54) is 0 Å². The number of aliphatic hydroxyl groups excluding tert-OH is 1. The van der Waals surface area contributed by atoms with E-state index in [4.69, 9.17) is 0 Å². The number of nitrogens with zero attached hydrogens (tertiary/aromatic N) is 1. The first-order valence-electron chi connectivity index (χ1n) is 4.46. The minimum Gasteiger partial charge on any atom is -0.388 e. The standard InChI is InChI=1S/C10H13NO3/c1-8-2-4-9(5-3-8)10(12)6-7-11(13)14/h2-5,10,12H,6-7H2,1H3. The topological polar surface area (TPSA) is 63.4 Å². The lowest BCUT2D eigenvalue weighted by molar-refractivity contribution is -0.482. The molecular weight excluding hydrogens is 182 g/mol. The first-order chi connectivity index (χ1) is 6.59. The van der Waals surface area contributed by atoms with E-state index in [9.17, 15) is 15.2 Å². The Morgan fingerprint density at radius 1 is 1.43 bits per heavy atom. The highest BCUT2D eigenvalue weighted by molar-refractivity contribution is 5.22. The van der Waals surface area contributed by atoms with Crippen molar-refractivity contribution in [2.45, 2.75) is 19.4 Å². The fourth-order valence-electron chi connectivity index (χ4n) is 1.18. The number of rotatable bonds is 4. The molecule has 0 heterocycles. The Labute approximate surface area is 82.3 Å². The molecule has 0 amide bonds. The second-order valence-electron chi connectivity index (χ2n) is 3.27. The van der Waals surface area contributed by atoms with Gasteiger partial charge in [-0.05, 0) is 12.5 Å². The molecule has 1 aromatic carbocycles. The molecule has 0 fully saturated rings. The van der Waals surface area contributed by atoms with Gasteiger partial charge in [-0.2, -0.15) is 0 Å². The van der Waals surface area contributed by atoms with Crippen molar-refractivity contribution in [1.82, 2.24) is 0 Å². The van der Waals surface area contributed by atoms with Gasteiger partial charge in [0.1, 0.15) is 0 Å². The highest BCUT2D eigenvalue weighted by Crippen LogP contribution is 2.16. The normalized spacial score (nSPS) is 12.4. The van der Waals surface area contributed by atoms with E-state index in [0.29, 0.717) is 0 Å². The summed E-state index contributed by atoms with van der Waals surface area (Å²) in [5, 5.41) is 19.6. The number of benzene rings is 1. The molecule has 14 heavy (non-hydrogen) atoms. The van der Waals surface area contributed by atoms with Crippen LogP contribution in [-0.2, 0) is 0 Å². The molecule has 0 bridgehead atoms. The van der Waals surface area contributed by atoms with Crippen LogP contribution in [0, 0.1) is 17.0 Å². The molecule has 4 heteroatoms. The van der Waals surface area contributed by atoms with Crippen molar-refractivity contribution in [3.63, 3.8) is 0 Å². The summed E-state index contributed by atoms with van der Waals surface area (Å²) in [4.78, 5) is 9.66. The van der Waals surface area contributed by atoms with Crippen LogP contribution in [-0.4, -0.2) is 16.6 Å². The largest absolute Gasteiger partial charge is 0.388 e. The van der Waals surface area contributed by atoms with Crippen molar-refractivity contribution in [3.05, 3.63) is 45.5 Å². The molecule has 0 saturated heterocycles. The fraction of sp³-hybridized carbons (Fsp3) is 0.400. The molecule has 1 atom stereocenters. The average Bonchev–Trinajstić information content (AvgIpc) is 2.15. The van der Waals surface area contributed by atoms with Gasteiger partial charge in [0.25, 0.3) is 0 Å². The third-order valence-electron chi connectivity index (χ3n) is 2.05. The molecule has 0 aliphatic carbocycles. The maximum atomic E-state index is 10.1. The molecule has 1 N–H and O–H groups in total. The molecule has 0 spiro atoms. The predicted octanol–water partition coefficient (Wildman–Crippen LogP) is 1.70. The third kappa shape index (κ3) is 3.14. The Kier molecular flexibility index (Phi) is 3.59. The number of aryl methyl sites for hydroxylation is 1. The van der Waals surface area contributed by atoms with E-state index >= 15 is 0 Å². The van der Waals surface area contributed by atoms with Gasteiger partial charge in [-0.15, -0.1) is 0 Å². The molecule has 1 unspecified atom stereocenters. The van der Waals surface area contributed by atoms with Crippen LogP contribution in [0.15, 0.2) is 24.3 Å². The summed E-state index contributed by atoms with van der Waals surface area (Å²) in [7, 11) is 0. The van der Waals surface area contributed by atoms with Crippen LogP contribution in [0.4, 0.5) is 0 Å². The minimum atomic E-state index is -0.735. The van der Waals surface area contributed by atoms with E-state index in [1.54, 1.807) is 12.1 Å². The summed E-state index contributed by atoms with van der Waals surface area (Å²) < 4.78 is 0. The van der Waals surface area contributed by atoms with E-state index in [0.717, 1.165) is 11.1 Å². The molecular formula is C10H13NO3. The monoisotopic (exact) mass is 195 g/mol. The zero-order chi connectivity index (χ0) is 10.6. The van der Waals surface area contributed by atoms with Crippen molar-refractivity contribution < 1.29 is 10.0 Å². The number of hydrogen-bond donors (Lipinski definition) is 1. The van der Waals surface area contributed by atoms with Crippen molar-refractivity contribution in [2.24, 2.45) is 0 Å². The Morgan fingerprint density at radius 2 is 2.00 bits per heavy atom. The van der Waals surface area contributed by atoms with Crippen LogP contribution in [0.1, 0.15) is 23.7 Å². The Balaban J connectivity index is 2.56. The molecule has 0 aliphatic rings. The quantitative estimate of drug-likeness (QED) is 0.587. The molecule has 0 aromatic heterocycles. The van der Waals surface area contributed by atoms with E-state index < -0.39 is 11.0 Å². The Morgan fingerprint density at radius 3 is 2.50 bits per heavy atom.